The molecule has 0 saturated heterocycles. The summed E-state index contributed by atoms with van der Waals surface area (Å²) in [4.78, 5) is 36.0. The van der Waals surface area contributed by atoms with Crippen LogP contribution in [0.2, 0.25) is 0 Å². The molecule has 154 valence electrons. The highest BCUT2D eigenvalue weighted by Crippen LogP contribution is 2.11. The van der Waals surface area contributed by atoms with Gasteiger partial charge in [0.05, 0.1) is 26.7 Å². The van der Waals surface area contributed by atoms with Gasteiger partial charge in [-0.2, -0.15) is 0 Å². The topological polar surface area (TPSA) is 103 Å². The quantitative estimate of drug-likeness (QED) is 0.626. The maximum Gasteiger partial charge on any atom is 0.407 e. The van der Waals surface area contributed by atoms with E-state index in [9.17, 15) is 14.4 Å². The average molecular weight is 400 g/mol. The number of nitrogens with one attached hydrogen (secondary N) is 2. The van der Waals surface area contributed by atoms with Crippen LogP contribution in [-0.4, -0.2) is 44.8 Å². The Morgan fingerprint density at radius 2 is 1.66 bits per heavy atom. The molecule has 2 aromatic rings. The van der Waals surface area contributed by atoms with Gasteiger partial charge >= 0.3 is 12.1 Å². The van der Waals surface area contributed by atoms with E-state index in [2.05, 4.69) is 15.4 Å². The number of carbonyl (C=O) groups excluding carboxylic acids is 3. The van der Waals surface area contributed by atoms with Crippen LogP contribution in [0, 0.1) is 0 Å². The predicted octanol–water partition coefficient (Wildman–Crippen LogP) is 2.28. The van der Waals surface area contributed by atoms with E-state index >= 15 is 0 Å². The van der Waals surface area contributed by atoms with Crippen molar-refractivity contribution >= 4 is 18.0 Å². The van der Waals surface area contributed by atoms with Gasteiger partial charge in [-0.1, -0.05) is 30.3 Å². The lowest BCUT2D eigenvalue weighted by Gasteiger charge is -2.18. The molecule has 0 bridgehead atoms. The summed E-state index contributed by atoms with van der Waals surface area (Å²) >= 11 is 0. The van der Waals surface area contributed by atoms with Crippen molar-refractivity contribution in [3.63, 3.8) is 0 Å². The fourth-order valence-corrected chi connectivity index (χ4v) is 2.45. The van der Waals surface area contributed by atoms with Crippen LogP contribution in [0.5, 0.6) is 5.75 Å². The highest BCUT2D eigenvalue weighted by molar-refractivity contribution is 5.94. The predicted molar refractivity (Wildman–Crippen MR) is 106 cm³/mol. The number of amides is 2. The van der Waals surface area contributed by atoms with Gasteiger partial charge < -0.3 is 24.8 Å². The normalized spacial score (nSPS) is 11.1. The zero-order valence-electron chi connectivity index (χ0n) is 16.3. The Morgan fingerprint density at radius 1 is 0.966 bits per heavy atom. The SMILES string of the molecule is COC(=O)CC(CNC(=O)c1ccc(OC)cc1)NC(=O)OCc1ccccc1. The number of hydrogen-bond acceptors (Lipinski definition) is 6. The molecule has 0 aliphatic heterocycles. The molecule has 1 atom stereocenters. The first-order chi connectivity index (χ1) is 14.0. The Labute approximate surface area is 169 Å². The van der Waals surface area contributed by atoms with Gasteiger partial charge in [0.15, 0.2) is 0 Å². The van der Waals surface area contributed by atoms with Crippen LogP contribution in [0.3, 0.4) is 0 Å². The summed E-state index contributed by atoms with van der Waals surface area (Å²) in [5.41, 5.74) is 1.26. The smallest absolute Gasteiger partial charge is 0.407 e. The molecule has 0 heterocycles. The zero-order valence-corrected chi connectivity index (χ0v) is 16.3. The van der Waals surface area contributed by atoms with E-state index in [0.717, 1.165) is 5.56 Å². The van der Waals surface area contributed by atoms with Gasteiger partial charge in [-0.25, -0.2) is 4.79 Å². The number of carbonyl (C=O) groups is 3. The van der Waals surface area contributed by atoms with Crippen LogP contribution < -0.4 is 15.4 Å². The molecule has 0 spiro atoms. The minimum atomic E-state index is -0.693. The van der Waals surface area contributed by atoms with Crippen molar-refractivity contribution in [1.82, 2.24) is 10.6 Å². The highest BCUT2D eigenvalue weighted by atomic mass is 16.5. The van der Waals surface area contributed by atoms with Gasteiger partial charge in [-0.15, -0.1) is 0 Å². The van der Waals surface area contributed by atoms with Crippen molar-refractivity contribution in [2.45, 2.75) is 19.1 Å². The monoisotopic (exact) mass is 400 g/mol. The van der Waals surface area contributed by atoms with Gasteiger partial charge in [0.25, 0.3) is 5.91 Å². The Morgan fingerprint density at radius 3 is 2.28 bits per heavy atom. The Bertz CT molecular complexity index is 808. The molecule has 0 radical (unpaired) electrons. The number of ether oxygens (including phenoxy) is 3. The second-order valence-electron chi connectivity index (χ2n) is 6.12. The van der Waals surface area contributed by atoms with E-state index in [1.165, 1.54) is 14.2 Å². The second-order valence-corrected chi connectivity index (χ2v) is 6.12. The molecule has 0 saturated carbocycles. The standard InChI is InChI=1S/C21H24N2O6/c1-27-18-10-8-16(9-11-18)20(25)22-13-17(12-19(24)28-2)23-21(26)29-14-15-6-4-3-5-7-15/h3-11,17H,12-14H2,1-2H3,(H,22,25)(H,23,26). The molecule has 0 aliphatic carbocycles. The molecule has 2 aromatic carbocycles. The molecule has 0 fully saturated rings. The summed E-state index contributed by atoms with van der Waals surface area (Å²) in [5, 5.41) is 5.27. The largest absolute Gasteiger partial charge is 0.497 e. The minimum absolute atomic E-state index is 0.0282. The van der Waals surface area contributed by atoms with Crippen LogP contribution in [-0.2, 0) is 20.9 Å². The number of alkyl carbamates (subject to hydrolysis) is 1. The first kappa shape index (κ1) is 21.7. The van der Waals surface area contributed by atoms with Crippen molar-refractivity contribution in [3.05, 3.63) is 65.7 Å². The fourth-order valence-electron chi connectivity index (χ4n) is 2.45. The van der Waals surface area contributed by atoms with Crippen LogP contribution >= 0.6 is 0 Å². The number of rotatable bonds is 9. The van der Waals surface area contributed by atoms with Crippen LogP contribution in [0.1, 0.15) is 22.3 Å². The van der Waals surface area contributed by atoms with Crippen LogP contribution in [0.4, 0.5) is 4.79 Å². The molecular formula is C21H24N2O6. The number of methoxy groups -OCH3 is 2. The van der Waals surface area contributed by atoms with Gasteiger partial charge in [0.2, 0.25) is 0 Å². The van der Waals surface area contributed by atoms with Crippen molar-refractivity contribution < 1.29 is 28.6 Å². The van der Waals surface area contributed by atoms with Crippen LogP contribution in [0.25, 0.3) is 0 Å². The zero-order chi connectivity index (χ0) is 21.1. The summed E-state index contributed by atoms with van der Waals surface area (Å²) < 4.78 is 14.9. The summed E-state index contributed by atoms with van der Waals surface area (Å²) in [6.45, 7) is 0.121. The van der Waals surface area contributed by atoms with E-state index in [0.29, 0.717) is 11.3 Å². The highest BCUT2D eigenvalue weighted by Gasteiger charge is 2.19. The number of esters is 1. The van der Waals surface area contributed by atoms with E-state index in [-0.39, 0.29) is 25.5 Å². The Kier molecular flexibility index (Phi) is 8.50. The number of hydrogen-bond donors (Lipinski definition) is 2. The summed E-state index contributed by atoms with van der Waals surface area (Å²) in [7, 11) is 2.79. The van der Waals surface area contributed by atoms with Crippen molar-refractivity contribution in [1.29, 1.82) is 0 Å². The summed E-state index contributed by atoms with van der Waals surface area (Å²) in [6.07, 6.45) is -0.804. The van der Waals surface area contributed by atoms with Crippen molar-refractivity contribution in [3.8, 4) is 5.75 Å². The van der Waals surface area contributed by atoms with E-state index in [1.54, 1.807) is 24.3 Å². The van der Waals surface area contributed by atoms with Crippen molar-refractivity contribution in [2.75, 3.05) is 20.8 Å². The van der Waals surface area contributed by atoms with Crippen LogP contribution in [0.15, 0.2) is 54.6 Å². The lowest BCUT2D eigenvalue weighted by atomic mass is 10.1. The minimum Gasteiger partial charge on any atom is -0.497 e. The molecule has 8 nitrogen and oxygen atoms in total. The lowest BCUT2D eigenvalue weighted by Crippen LogP contribution is -2.45. The average Bonchev–Trinajstić information content (AvgIpc) is 2.76. The molecule has 0 aliphatic rings. The molecule has 1 unspecified atom stereocenters. The molecule has 2 N–H and O–H groups in total. The third-order valence-corrected chi connectivity index (χ3v) is 4.04. The van der Waals surface area contributed by atoms with Gasteiger partial charge in [-0.05, 0) is 29.8 Å². The fraction of sp³-hybridized carbons (Fsp3) is 0.286. The molecule has 8 heteroatoms. The van der Waals surface area contributed by atoms with E-state index < -0.39 is 18.1 Å². The maximum absolute atomic E-state index is 12.3. The lowest BCUT2D eigenvalue weighted by molar-refractivity contribution is -0.141. The second kappa shape index (κ2) is 11.3. The van der Waals surface area contributed by atoms with E-state index in [1.807, 2.05) is 30.3 Å². The third-order valence-electron chi connectivity index (χ3n) is 4.04. The van der Waals surface area contributed by atoms with Gasteiger partial charge in [0.1, 0.15) is 12.4 Å². The van der Waals surface area contributed by atoms with Crippen molar-refractivity contribution in [2.24, 2.45) is 0 Å². The Balaban J connectivity index is 1.89. The first-order valence-corrected chi connectivity index (χ1v) is 8.98. The first-order valence-electron chi connectivity index (χ1n) is 8.98. The summed E-state index contributed by atoms with van der Waals surface area (Å²) in [6, 6.07) is 15.1. The molecule has 0 aromatic heterocycles. The van der Waals surface area contributed by atoms with Gasteiger partial charge in [-0.3, -0.25) is 9.59 Å². The summed E-state index contributed by atoms with van der Waals surface area (Å²) in [5.74, 6) is -0.230. The molecular weight excluding hydrogens is 376 g/mol. The third kappa shape index (κ3) is 7.53. The van der Waals surface area contributed by atoms with Gasteiger partial charge in [0, 0.05) is 12.1 Å². The molecule has 2 rings (SSSR count). The molecule has 2 amide bonds. The Hall–Kier alpha value is -3.55. The maximum atomic E-state index is 12.3. The molecule has 29 heavy (non-hydrogen) atoms. The van der Waals surface area contributed by atoms with E-state index in [4.69, 9.17) is 9.47 Å². The number of benzene rings is 2.